The van der Waals surface area contributed by atoms with Crippen molar-refractivity contribution in [2.45, 2.75) is 6.92 Å². The monoisotopic (exact) mass is 320 g/mol. The minimum Gasteiger partial charge on any atom is -0.455 e. The van der Waals surface area contributed by atoms with Gasteiger partial charge in [0.25, 0.3) is 0 Å². The lowest BCUT2D eigenvalue weighted by atomic mass is 10.1. The van der Waals surface area contributed by atoms with Crippen molar-refractivity contribution in [3.63, 3.8) is 0 Å². The van der Waals surface area contributed by atoms with Gasteiger partial charge in [-0.2, -0.15) is 0 Å². The van der Waals surface area contributed by atoms with Crippen LogP contribution in [-0.2, 0) is 0 Å². The van der Waals surface area contributed by atoms with Gasteiger partial charge in [0, 0.05) is 10.0 Å². The molecule has 2 rings (SSSR count). The first-order valence-corrected chi connectivity index (χ1v) is 6.40. The molecule has 2 aromatic rings. The highest BCUT2D eigenvalue weighted by molar-refractivity contribution is 9.10. The average Bonchev–Trinajstić information content (AvgIpc) is 2.36. The molecule has 0 saturated carbocycles. The molecule has 5 heteroatoms. The van der Waals surface area contributed by atoms with Gasteiger partial charge in [0.2, 0.25) is 5.91 Å². The molecule has 0 aliphatic carbocycles. The van der Waals surface area contributed by atoms with Gasteiger partial charge in [0.1, 0.15) is 5.75 Å². The van der Waals surface area contributed by atoms with E-state index in [0.717, 1.165) is 10.0 Å². The minimum absolute atomic E-state index is 0.358. The van der Waals surface area contributed by atoms with Crippen LogP contribution in [0.4, 0.5) is 5.69 Å². The lowest BCUT2D eigenvalue weighted by Crippen LogP contribution is -2.11. The fourth-order valence-electron chi connectivity index (χ4n) is 1.58. The smallest absolute Gasteiger partial charge is 0.248 e. The fourth-order valence-corrected chi connectivity index (χ4v) is 1.92. The maximum atomic E-state index is 11.2. The summed E-state index contributed by atoms with van der Waals surface area (Å²) in [6.07, 6.45) is 0. The molecule has 98 valence electrons. The van der Waals surface area contributed by atoms with Gasteiger partial charge < -0.3 is 16.2 Å². The number of amides is 1. The summed E-state index contributed by atoms with van der Waals surface area (Å²) in [6.45, 7) is 1.93. The van der Waals surface area contributed by atoms with E-state index in [-0.39, 0.29) is 0 Å². The minimum atomic E-state index is -0.518. The predicted octanol–water partition coefficient (Wildman–Crippen LogP) is 3.23. The van der Waals surface area contributed by atoms with Gasteiger partial charge in [0.05, 0.1) is 5.69 Å². The van der Waals surface area contributed by atoms with Gasteiger partial charge in [-0.15, -0.1) is 0 Å². The molecule has 1 amide bonds. The molecule has 0 fully saturated rings. The Hall–Kier alpha value is -2.01. The first-order chi connectivity index (χ1) is 8.97. The van der Waals surface area contributed by atoms with Crippen LogP contribution in [0.1, 0.15) is 15.9 Å². The largest absolute Gasteiger partial charge is 0.455 e. The number of benzene rings is 2. The highest BCUT2D eigenvalue weighted by atomic mass is 79.9. The number of ether oxygens (including phenoxy) is 1. The lowest BCUT2D eigenvalue weighted by molar-refractivity contribution is 0.1000. The number of nitrogen functional groups attached to an aromatic ring is 1. The van der Waals surface area contributed by atoms with E-state index in [0.29, 0.717) is 22.7 Å². The highest BCUT2D eigenvalue weighted by Gasteiger charge is 2.09. The van der Waals surface area contributed by atoms with Crippen molar-refractivity contribution >= 4 is 27.5 Å². The summed E-state index contributed by atoms with van der Waals surface area (Å²) in [7, 11) is 0. The molecule has 0 heterocycles. The second kappa shape index (κ2) is 5.32. The summed E-state index contributed by atoms with van der Waals surface area (Å²) in [5.41, 5.74) is 12.8. The van der Waals surface area contributed by atoms with Gasteiger partial charge in [-0.3, -0.25) is 4.79 Å². The van der Waals surface area contributed by atoms with Crippen LogP contribution < -0.4 is 16.2 Å². The molecule has 0 aromatic heterocycles. The van der Waals surface area contributed by atoms with Crippen molar-refractivity contribution in [1.82, 2.24) is 0 Å². The van der Waals surface area contributed by atoms with E-state index in [1.54, 1.807) is 12.1 Å². The Bertz CT molecular complexity index is 641. The molecule has 2 aromatic carbocycles. The van der Waals surface area contributed by atoms with Crippen molar-refractivity contribution in [2.24, 2.45) is 5.73 Å². The highest BCUT2D eigenvalue weighted by Crippen LogP contribution is 2.32. The maximum absolute atomic E-state index is 11.2. The molecule has 0 unspecified atom stereocenters. The average molecular weight is 321 g/mol. The summed E-state index contributed by atoms with van der Waals surface area (Å²) >= 11 is 3.38. The van der Waals surface area contributed by atoms with E-state index >= 15 is 0 Å². The summed E-state index contributed by atoms with van der Waals surface area (Å²) in [6, 6.07) is 10.4. The Morgan fingerprint density at radius 1 is 1.16 bits per heavy atom. The molecule has 0 saturated heterocycles. The van der Waals surface area contributed by atoms with Crippen molar-refractivity contribution in [1.29, 1.82) is 0 Å². The number of aryl methyl sites for hydroxylation is 1. The van der Waals surface area contributed by atoms with E-state index in [2.05, 4.69) is 15.9 Å². The zero-order chi connectivity index (χ0) is 14.0. The van der Waals surface area contributed by atoms with E-state index in [1.807, 2.05) is 25.1 Å². The van der Waals surface area contributed by atoms with Crippen molar-refractivity contribution in [3.05, 3.63) is 52.0 Å². The van der Waals surface area contributed by atoms with Gasteiger partial charge in [0.15, 0.2) is 5.75 Å². The van der Waals surface area contributed by atoms with Crippen molar-refractivity contribution in [2.75, 3.05) is 5.73 Å². The van der Waals surface area contributed by atoms with Crippen LogP contribution in [-0.4, -0.2) is 5.91 Å². The molecule has 4 N–H and O–H groups in total. The van der Waals surface area contributed by atoms with Crippen LogP contribution in [0.3, 0.4) is 0 Å². The van der Waals surface area contributed by atoms with Crippen molar-refractivity contribution < 1.29 is 9.53 Å². The molecule has 0 aliphatic rings. The molecule has 0 radical (unpaired) electrons. The maximum Gasteiger partial charge on any atom is 0.248 e. The Morgan fingerprint density at radius 3 is 2.58 bits per heavy atom. The SMILES string of the molecule is Cc1ccc(Br)cc1Oc1cc(C(N)=O)ccc1N. The summed E-state index contributed by atoms with van der Waals surface area (Å²) < 4.78 is 6.65. The van der Waals surface area contributed by atoms with Crippen LogP contribution in [0.25, 0.3) is 0 Å². The van der Waals surface area contributed by atoms with Gasteiger partial charge in [-0.1, -0.05) is 22.0 Å². The van der Waals surface area contributed by atoms with Crippen LogP contribution >= 0.6 is 15.9 Å². The molecule has 0 bridgehead atoms. The van der Waals surface area contributed by atoms with Crippen LogP contribution in [0.2, 0.25) is 0 Å². The molecular formula is C14H13BrN2O2. The van der Waals surface area contributed by atoms with Gasteiger partial charge in [-0.05, 0) is 42.8 Å². The van der Waals surface area contributed by atoms with E-state index < -0.39 is 5.91 Å². The zero-order valence-electron chi connectivity index (χ0n) is 10.3. The third-order valence-corrected chi connectivity index (χ3v) is 3.16. The van der Waals surface area contributed by atoms with Crippen LogP contribution in [0.15, 0.2) is 40.9 Å². The van der Waals surface area contributed by atoms with Gasteiger partial charge in [-0.25, -0.2) is 0 Å². The first-order valence-electron chi connectivity index (χ1n) is 5.60. The number of hydrogen-bond donors (Lipinski definition) is 2. The molecular weight excluding hydrogens is 308 g/mol. The summed E-state index contributed by atoms with van der Waals surface area (Å²) in [5.74, 6) is 0.566. The number of carbonyl (C=O) groups is 1. The number of primary amides is 1. The standard InChI is InChI=1S/C14H13BrN2O2/c1-8-2-4-10(15)7-12(8)19-13-6-9(14(17)18)3-5-11(13)16/h2-7H,16H2,1H3,(H2,17,18). The second-order valence-electron chi connectivity index (χ2n) is 4.13. The molecule has 0 spiro atoms. The number of rotatable bonds is 3. The quantitative estimate of drug-likeness (QED) is 0.852. The lowest BCUT2D eigenvalue weighted by Gasteiger charge is -2.12. The molecule has 19 heavy (non-hydrogen) atoms. The van der Waals surface area contributed by atoms with E-state index in [9.17, 15) is 4.79 Å². The van der Waals surface area contributed by atoms with E-state index in [1.165, 1.54) is 6.07 Å². The number of carbonyl (C=O) groups excluding carboxylic acids is 1. The normalized spacial score (nSPS) is 10.2. The third-order valence-electron chi connectivity index (χ3n) is 2.67. The molecule has 4 nitrogen and oxygen atoms in total. The first kappa shape index (κ1) is 13.4. The topological polar surface area (TPSA) is 78.3 Å². The predicted molar refractivity (Wildman–Crippen MR) is 78.3 cm³/mol. The van der Waals surface area contributed by atoms with Gasteiger partial charge >= 0.3 is 0 Å². The Labute approximate surface area is 119 Å². The Kier molecular flexibility index (Phi) is 3.76. The second-order valence-corrected chi connectivity index (χ2v) is 5.04. The Morgan fingerprint density at radius 2 is 1.89 bits per heavy atom. The summed E-state index contributed by atoms with van der Waals surface area (Å²) in [4.78, 5) is 11.2. The van der Waals surface area contributed by atoms with Crippen LogP contribution in [0, 0.1) is 6.92 Å². The van der Waals surface area contributed by atoms with E-state index in [4.69, 9.17) is 16.2 Å². The number of hydrogen-bond acceptors (Lipinski definition) is 3. The zero-order valence-corrected chi connectivity index (χ0v) is 11.9. The summed E-state index contributed by atoms with van der Waals surface area (Å²) in [5, 5.41) is 0. The van der Waals surface area contributed by atoms with Crippen LogP contribution in [0.5, 0.6) is 11.5 Å². The third kappa shape index (κ3) is 3.06. The van der Waals surface area contributed by atoms with Crippen molar-refractivity contribution in [3.8, 4) is 11.5 Å². The number of halogens is 1. The fraction of sp³-hybridized carbons (Fsp3) is 0.0714. The molecule has 0 atom stereocenters. The number of nitrogens with two attached hydrogens (primary N) is 2. The molecule has 0 aliphatic heterocycles. The Balaban J connectivity index is 2.40. The number of anilines is 1.